The minimum Gasteiger partial charge on any atom is -0.497 e. The molecule has 0 N–H and O–H groups in total. The Bertz CT molecular complexity index is 1170. The van der Waals surface area contributed by atoms with Crippen molar-refractivity contribution in [1.29, 1.82) is 0 Å². The van der Waals surface area contributed by atoms with Gasteiger partial charge in [0.25, 0.3) is 0 Å². The first-order valence-electron chi connectivity index (χ1n) is 10.7. The smallest absolute Gasteiger partial charge is 0.213 e. The van der Waals surface area contributed by atoms with Gasteiger partial charge in [0.1, 0.15) is 11.5 Å². The Labute approximate surface area is 198 Å². The molecule has 2 unspecified atom stereocenters. The van der Waals surface area contributed by atoms with Crippen molar-refractivity contribution in [2.24, 2.45) is 5.10 Å². The molecule has 2 heterocycles. The van der Waals surface area contributed by atoms with Crippen LogP contribution < -0.4 is 9.47 Å². The Hall–Kier alpha value is -2.69. The first-order valence-corrected chi connectivity index (χ1v) is 11.5. The van der Waals surface area contributed by atoms with Crippen molar-refractivity contribution in [2.45, 2.75) is 38.5 Å². The molecular weight excluding hydrogens is 443 g/mol. The fraction of sp³-hybridized carbons (Fsp3) is 0.269. The SMILES string of the molecule is COc1ccc(C2=NN3C(C2)c2cc(Cl)cc(Cl)c2OC3c2ccc(C(C)C)cc2)cc1. The van der Waals surface area contributed by atoms with Gasteiger partial charge >= 0.3 is 0 Å². The fourth-order valence-electron chi connectivity index (χ4n) is 4.34. The minimum absolute atomic E-state index is 0.0122. The normalized spacial score (nSPS) is 19.3. The van der Waals surface area contributed by atoms with Crippen LogP contribution in [0.1, 0.15) is 60.7 Å². The van der Waals surface area contributed by atoms with Crippen LogP contribution in [-0.2, 0) is 0 Å². The summed E-state index contributed by atoms with van der Waals surface area (Å²) in [4.78, 5) is 0. The molecule has 3 aromatic rings. The van der Waals surface area contributed by atoms with E-state index in [1.165, 1.54) is 5.56 Å². The summed E-state index contributed by atoms with van der Waals surface area (Å²) in [6, 6.07) is 20.2. The summed E-state index contributed by atoms with van der Waals surface area (Å²) in [5.74, 6) is 1.97. The first kappa shape index (κ1) is 21.2. The standard InChI is InChI=1S/C26H24Cl2N2O2/c1-15(2)16-4-6-18(7-5-16)26-30-24(21-12-19(27)13-22(28)25(21)32-26)14-23(29-30)17-8-10-20(31-3)11-9-17/h4-13,15,24,26H,14H2,1-3H3. The Morgan fingerprint density at radius 2 is 1.75 bits per heavy atom. The highest BCUT2D eigenvalue weighted by Gasteiger charge is 2.42. The number of rotatable bonds is 4. The maximum absolute atomic E-state index is 6.56. The monoisotopic (exact) mass is 466 g/mol. The second-order valence-electron chi connectivity index (χ2n) is 8.47. The lowest BCUT2D eigenvalue weighted by Gasteiger charge is -2.38. The third-order valence-electron chi connectivity index (χ3n) is 6.12. The predicted octanol–water partition coefficient (Wildman–Crippen LogP) is 7.37. The number of nitrogens with zero attached hydrogens (tertiary/aromatic N) is 2. The van der Waals surface area contributed by atoms with Gasteiger partial charge in [0.15, 0.2) is 0 Å². The quantitative estimate of drug-likeness (QED) is 0.402. The molecule has 32 heavy (non-hydrogen) atoms. The maximum Gasteiger partial charge on any atom is 0.213 e. The molecule has 0 aliphatic carbocycles. The van der Waals surface area contributed by atoms with E-state index < -0.39 is 0 Å². The predicted molar refractivity (Wildman–Crippen MR) is 129 cm³/mol. The molecule has 4 nitrogen and oxygen atoms in total. The highest BCUT2D eigenvalue weighted by Crippen LogP contribution is 2.50. The van der Waals surface area contributed by atoms with Gasteiger partial charge in [-0.2, -0.15) is 5.10 Å². The molecule has 0 radical (unpaired) electrons. The number of methoxy groups -OCH3 is 1. The Kier molecular flexibility index (Phi) is 5.52. The number of halogens is 2. The zero-order valence-electron chi connectivity index (χ0n) is 18.2. The summed E-state index contributed by atoms with van der Waals surface area (Å²) in [7, 11) is 1.67. The van der Waals surface area contributed by atoms with Gasteiger partial charge in [-0.15, -0.1) is 0 Å². The van der Waals surface area contributed by atoms with E-state index in [1.54, 1.807) is 13.2 Å². The van der Waals surface area contributed by atoms with Crippen LogP contribution in [0.4, 0.5) is 0 Å². The Morgan fingerprint density at radius 1 is 1.03 bits per heavy atom. The summed E-state index contributed by atoms with van der Waals surface area (Å²) in [5.41, 5.74) is 5.34. The van der Waals surface area contributed by atoms with E-state index in [1.807, 2.05) is 35.3 Å². The van der Waals surface area contributed by atoms with Gasteiger partial charge in [0.2, 0.25) is 6.23 Å². The second-order valence-corrected chi connectivity index (χ2v) is 9.32. The van der Waals surface area contributed by atoms with Crippen LogP contribution in [0.2, 0.25) is 10.0 Å². The van der Waals surface area contributed by atoms with Crippen molar-refractivity contribution in [2.75, 3.05) is 7.11 Å². The number of hydrazone groups is 1. The molecule has 0 spiro atoms. The van der Waals surface area contributed by atoms with E-state index in [-0.39, 0.29) is 12.3 Å². The highest BCUT2D eigenvalue weighted by atomic mass is 35.5. The zero-order valence-corrected chi connectivity index (χ0v) is 19.7. The third-order valence-corrected chi connectivity index (χ3v) is 6.62. The van der Waals surface area contributed by atoms with Crippen LogP contribution in [-0.4, -0.2) is 17.8 Å². The van der Waals surface area contributed by atoms with Crippen molar-refractivity contribution < 1.29 is 9.47 Å². The van der Waals surface area contributed by atoms with Crippen molar-refractivity contribution in [3.05, 3.63) is 93.0 Å². The molecule has 2 aliphatic rings. The largest absolute Gasteiger partial charge is 0.497 e. The molecule has 5 rings (SSSR count). The molecule has 0 saturated carbocycles. The Morgan fingerprint density at radius 3 is 2.41 bits per heavy atom. The molecule has 0 aromatic heterocycles. The summed E-state index contributed by atoms with van der Waals surface area (Å²) in [5, 5.41) is 8.16. The summed E-state index contributed by atoms with van der Waals surface area (Å²) < 4.78 is 11.7. The van der Waals surface area contributed by atoms with Crippen LogP contribution in [0.3, 0.4) is 0 Å². The molecule has 2 atom stereocenters. The lowest BCUT2D eigenvalue weighted by atomic mass is 9.95. The molecule has 0 saturated heterocycles. The summed E-state index contributed by atoms with van der Waals surface area (Å²) in [6.45, 7) is 4.38. The number of hydrogen-bond donors (Lipinski definition) is 0. The van der Waals surface area contributed by atoms with Crippen molar-refractivity contribution in [3.8, 4) is 11.5 Å². The van der Waals surface area contributed by atoms with E-state index >= 15 is 0 Å². The van der Waals surface area contributed by atoms with Crippen LogP contribution >= 0.6 is 23.2 Å². The lowest BCUT2D eigenvalue weighted by molar-refractivity contribution is -0.0189. The second kappa shape index (κ2) is 8.34. The maximum atomic E-state index is 6.56. The Balaban J connectivity index is 1.57. The van der Waals surface area contributed by atoms with Crippen LogP contribution in [0.5, 0.6) is 11.5 Å². The van der Waals surface area contributed by atoms with Gasteiger partial charge < -0.3 is 9.47 Å². The number of benzene rings is 3. The number of ether oxygens (including phenoxy) is 2. The number of fused-ring (bicyclic) bond motifs is 3. The molecule has 2 aliphatic heterocycles. The molecule has 3 aromatic carbocycles. The van der Waals surface area contributed by atoms with Gasteiger partial charge in [-0.1, -0.05) is 61.3 Å². The first-order chi connectivity index (χ1) is 15.4. The lowest BCUT2D eigenvalue weighted by Crippen LogP contribution is -2.33. The van der Waals surface area contributed by atoms with Gasteiger partial charge in [-0.05, 0) is 53.4 Å². The van der Waals surface area contributed by atoms with Gasteiger partial charge in [-0.25, -0.2) is 5.01 Å². The minimum atomic E-state index is -0.372. The van der Waals surface area contributed by atoms with E-state index in [9.17, 15) is 0 Å². The van der Waals surface area contributed by atoms with Crippen LogP contribution in [0.25, 0.3) is 0 Å². The zero-order chi connectivity index (χ0) is 22.4. The average Bonchev–Trinajstić information content (AvgIpc) is 3.25. The van der Waals surface area contributed by atoms with E-state index in [2.05, 4.69) is 38.1 Å². The fourth-order valence-corrected chi connectivity index (χ4v) is 4.89. The topological polar surface area (TPSA) is 34.1 Å². The van der Waals surface area contributed by atoms with Gasteiger partial charge in [-0.3, -0.25) is 0 Å². The third kappa shape index (κ3) is 3.72. The van der Waals surface area contributed by atoms with Crippen molar-refractivity contribution in [3.63, 3.8) is 0 Å². The summed E-state index contributed by atoms with van der Waals surface area (Å²) >= 11 is 12.9. The van der Waals surface area contributed by atoms with Gasteiger partial charge in [0, 0.05) is 22.6 Å². The van der Waals surface area contributed by atoms with Crippen molar-refractivity contribution >= 4 is 28.9 Å². The summed E-state index contributed by atoms with van der Waals surface area (Å²) in [6.07, 6.45) is 0.364. The number of hydrogen-bond acceptors (Lipinski definition) is 4. The van der Waals surface area contributed by atoms with Crippen molar-refractivity contribution in [1.82, 2.24) is 5.01 Å². The average molecular weight is 467 g/mol. The van der Waals surface area contributed by atoms with E-state index in [4.69, 9.17) is 37.8 Å². The molecule has 164 valence electrons. The molecule has 0 fully saturated rings. The van der Waals surface area contributed by atoms with Crippen LogP contribution in [0, 0.1) is 0 Å². The van der Waals surface area contributed by atoms with Gasteiger partial charge in [0.05, 0.1) is 23.9 Å². The molecule has 0 bridgehead atoms. The van der Waals surface area contributed by atoms with Crippen LogP contribution in [0.15, 0.2) is 65.8 Å². The van der Waals surface area contributed by atoms with E-state index in [0.29, 0.717) is 21.7 Å². The van der Waals surface area contributed by atoms with E-state index in [0.717, 1.165) is 34.6 Å². The molecular formula is C26H24Cl2N2O2. The highest BCUT2D eigenvalue weighted by molar-refractivity contribution is 6.35. The molecule has 6 heteroatoms. The molecule has 0 amide bonds.